The van der Waals surface area contributed by atoms with Crippen molar-refractivity contribution in [1.29, 1.82) is 0 Å². The Morgan fingerprint density at radius 3 is 1.38 bits per heavy atom. The first-order valence-electron chi connectivity index (χ1n) is 9.02. The molecule has 0 bridgehead atoms. The lowest BCUT2D eigenvalue weighted by Crippen LogP contribution is -2.05. The molecule has 0 aromatic carbocycles. The summed E-state index contributed by atoms with van der Waals surface area (Å²) in [6.45, 7) is 2.28. The molecule has 3 heteroatoms. The summed E-state index contributed by atoms with van der Waals surface area (Å²) in [4.78, 5) is 11.1. The van der Waals surface area contributed by atoms with Gasteiger partial charge in [-0.2, -0.15) is 0 Å². The highest BCUT2D eigenvalue weighted by molar-refractivity contribution is 14.1. The third kappa shape index (κ3) is 17.3. The van der Waals surface area contributed by atoms with Crippen molar-refractivity contribution in [3.05, 3.63) is 0 Å². The molecule has 0 radical (unpaired) electrons. The predicted molar refractivity (Wildman–Crippen MR) is 112 cm³/mol. The molecule has 0 amide bonds. The Morgan fingerprint density at radius 2 is 1.05 bits per heavy atom. The van der Waals surface area contributed by atoms with E-state index in [0.717, 1.165) is 6.42 Å². The van der Waals surface area contributed by atoms with Gasteiger partial charge in [0.1, 0.15) is 0 Å². The van der Waals surface area contributed by atoms with Gasteiger partial charge in [-0.25, -0.2) is 0 Å². The standard InChI is InChI=1S/C18H34I2O/c1-2-3-4-5-6-7-8-9-10-11-12-13-14-15-16-17(19)18(20)21/h17H,2-16H2,1H3. The van der Waals surface area contributed by atoms with Gasteiger partial charge in [0.05, 0.1) is 3.92 Å². The van der Waals surface area contributed by atoms with E-state index in [-0.39, 0.29) is 3.92 Å². The van der Waals surface area contributed by atoms with E-state index in [1.54, 1.807) is 0 Å². The van der Waals surface area contributed by atoms with Gasteiger partial charge in [-0.1, -0.05) is 119 Å². The minimum Gasteiger partial charge on any atom is -0.287 e. The third-order valence-corrected chi connectivity index (χ3v) is 7.19. The van der Waals surface area contributed by atoms with Gasteiger partial charge in [0.2, 0.25) is 3.79 Å². The van der Waals surface area contributed by atoms with Crippen LogP contribution in [0.15, 0.2) is 0 Å². The van der Waals surface area contributed by atoms with Crippen LogP contribution in [0.1, 0.15) is 103 Å². The minimum absolute atomic E-state index is 0.237. The van der Waals surface area contributed by atoms with E-state index in [0.29, 0.717) is 3.79 Å². The molecule has 0 aromatic rings. The summed E-state index contributed by atoms with van der Waals surface area (Å²) in [5, 5.41) is 0. The molecule has 0 aliphatic rings. The average molecular weight is 520 g/mol. The van der Waals surface area contributed by atoms with Crippen LogP contribution in [0.2, 0.25) is 0 Å². The van der Waals surface area contributed by atoms with E-state index in [1.165, 1.54) is 89.9 Å². The highest BCUT2D eigenvalue weighted by atomic mass is 127. The smallest absolute Gasteiger partial charge is 0.205 e. The SMILES string of the molecule is CCCCCCCCCCCCCCCCC(I)C(=O)I. The Morgan fingerprint density at radius 1 is 0.714 bits per heavy atom. The number of carbonyl (C=O) groups is 1. The van der Waals surface area contributed by atoms with E-state index in [2.05, 4.69) is 29.5 Å². The first-order valence-corrected chi connectivity index (χ1v) is 11.3. The van der Waals surface area contributed by atoms with Gasteiger partial charge in [-0.15, -0.1) is 0 Å². The first kappa shape index (κ1) is 22.1. The molecular weight excluding hydrogens is 486 g/mol. The molecule has 0 aliphatic heterocycles. The van der Waals surface area contributed by atoms with Crippen molar-refractivity contribution >= 4 is 49.0 Å². The van der Waals surface area contributed by atoms with Crippen LogP contribution in [0.25, 0.3) is 0 Å². The molecule has 1 nitrogen and oxygen atoms in total. The van der Waals surface area contributed by atoms with E-state index in [4.69, 9.17) is 0 Å². The van der Waals surface area contributed by atoms with Crippen LogP contribution in [-0.4, -0.2) is 7.71 Å². The Balaban J connectivity index is 3.04. The second kappa shape index (κ2) is 17.5. The molecule has 21 heavy (non-hydrogen) atoms. The molecule has 0 saturated carbocycles. The van der Waals surface area contributed by atoms with Gasteiger partial charge in [0.25, 0.3) is 0 Å². The number of hydrogen-bond acceptors (Lipinski definition) is 1. The fourth-order valence-electron chi connectivity index (χ4n) is 2.63. The first-order chi connectivity index (χ1) is 10.2. The highest BCUT2D eigenvalue weighted by Crippen LogP contribution is 2.17. The molecule has 0 heterocycles. The summed E-state index contributed by atoms with van der Waals surface area (Å²) in [6.07, 6.45) is 20.6. The molecule has 1 atom stereocenters. The zero-order chi connectivity index (χ0) is 15.8. The van der Waals surface area contributed by atoms with E-state index < -0.39 is 0 Å². The summed E-state index contributed by atoms with van der Waals surface area (Å²) in [7, 11) is 0. The van der Waals surface area contributed by atoms with Gasteiger partial charge >= 0.3 is 0 Å². The second-order valence-corrected chi connectivity index (χ2v) is 8.72. The lowest BCUT2D eigenvalue weighted by atomic mass is 10.0. The average Bonchev–Trinajstić information content (AvgIpc) is 2.47. The van der Waals surface area contributed by atoms with Crippen LogP contribution in [0.5, 0.6) is 0 Å². The largest absolute Gasteiger partial charge is 0.287 e. The van der Waals surface area contributed by atoms with E-state index in [9.17, 15) is 4.79 Å². The summed E-state index contributed by atoms with van der Waals surface area (Å²) >= 11 is 4.19. The van der Waals surface area contributed by atoms with E-state index in [1.807, 2.05) is 22.6 Å². The number of hydrogen-bond donors (Lipinski definition) is 0. The number of carbonyl (C=O) groups excluding carboxylic acids is 1. The van der Waals surface area contributed by atoms with Crippen LogP contribution < -0.4 is 0 Å². The lowest BCUT2D eigenvalue weighted by Gasteiger charge is -2.05. The van der Waals surface area contributed by atoms with Gasteiger partial charge in [-0.3, -0.25) is 4.79 Å². The van der Waals surface area contributed by atoms with Gasteiger partial charge in [0, 0.05) is 22.6 Å². The topological polar surface area (TPSA) is 17.1 Å². The molecular formula is C18H34I2O. The molecule has 0 rings (SSSR count). The molecule has 0 N–H and O–H groups in total. The Kier molecular flexibility index (Phi) is 18.4. The Bertz CT molecular complexity index is 231. The maximum Gasteiger partial charge on any atom is 0.205 e. The van der Waals surface area contributed by atoms with Crippen molar-refractivity contribution in [1.82, 2.24) is 0 Å². The van der Waals surface area contributed by atoms with Crippen LogP contribution >= 0.6 is 45.2 Å². The Hall–Kier alpha value is 1.13. The molecule has 0 aromatic heterocycles. The van der Waals surface area contributed by atoms with Crippen LogP contribution in [0.3, 0.4) is 0 Å². The zero-order valence-electron chi connectivity index (χ0n) is 13.8. The fourth-order valence-corrected chi connectivity index (χ4v) is 3.38. The molecule has 0 aliphatic carbocycles. The normalized spacial score (nSPS) is 12.5. The summed E-state index contributed by atoms with van der Waals surface area (Å²) in [5.41, 5.74) is 0. The van der Waals surface area contributed by atoms with E-state index >= 15 is 0 Å². The predicted octanol–water partition coefficient (Wildman–Crippen LogP) is 7.62. The molecule has 0 saturated heterocycles. The van der Waals surface area contributed by atoms with Crippen LogP contribution in [-0.2, 0) is 4.79 Å². The van der Waals surface area contributed by atoms with Crippen molar-refractivity contribution in [2.45, 2.75) is 107 Å². The van der Waals surface area contributed by atoms with Crippen molar-refractivity contribution in [2.24, 2.45) is 0 Å². The number of alkyl halides is 1. The van der Waals surface area contributed by atoms with Gasteiger partial charge < -0.3 is 0 Å². The van der Waals surface area contributed by atoms with Crippen molar-refractivity contribution in [3.8, 4) is 0 Å². The van der Waals surface area contributed by atoms with Crippen molar-refractivity contribution in [2.75, 3.05) is 0 Å². The molecule has 1 unspecified atom stereocenters. The van der Waals surface area contributed by atoms with Gasteiger partial charge in [0.15, 0.2) is 0 Å². The number of halogens is 2. The summed E-state index contributed by atoms with van der Waals surface area (Å²) < 4.78 is 0.545. The van der Waals surface area contributed by atoms with Crippen LogP contribution in [0, 0.1) is 0 Å². The maximum absolute atomic E-state index is 11.1. The van der Waals surface area contributed by atoms with Crippen molar-refractivity contribution in [3.63, 3.8) is 0 Å². The number of rotatable bonds is 16. The summed E-state index contributed by atoms with van der Waals surface area (Å²) in [6, 6.07) is 0. The molecule has 126 valence electrons. The fraction of sp³-hybridized carbons (Fsp3) is 0.944. The van der Waals surface area contributed by atoms with Crippen molar-refractivity contribution < 1.29 is 4.79 Å². The number of unbranched alkanes of at least 4 members (excludes halogenated alkanes) is 13. The highest BCUT2D eigenvalue weighted by Gasteiger charge is 2.09. The van der Waals surface area contributed by atoms with Gasteiger partial charge in [-0.05, 0) is 6.42 Å². The quantitative estimate of drug-likeness (QED) is 0.0886. The summed E-state index contributed by atoms with van der Waals surface area (Å²) in [5.74, 6) is 0. The second-order valence-electron chi connectivity index (χ2n) is 6.16. The molecule has 0 spiro atoms. The minimum atomic E-state index is 0.237. The monoisotopic (exact) mass is 520 g/mol. The van der Waals surface area contributed by atoms with Crippen LogP contribution in [0.4, 0.5) is 0 Å². The Labute approximate surface area is 160 Å². The maximum atomic E-state index is 11.1. The third-order valence-electron chi connectivity index (χ3n) is 4.06. The lowest BCUT2D eigenvalue weighted by molar-refractivity contribution is -0.108. The molecule has 0 fully saturated rings. The zero-order valence-corrected chi connectivity index (χ0v) is 18.2.